The smallest absolute Gasteiger partial charge is 0.133 e. The molecule has 0 aliphatic heterocycles. The highest BCUT2D eigenvalue weighted by Gasteiger charge is 2.23. The molecule has 0 unspecified atom stereocenters. The predicted octanol–water partition coefficient (Wildman–Crippen LogP) is 4.77. The topological polar surface area (TPSA) is 25.8 Å². The van der Waals surface area contributed by atoms with Crippen LogP contribution in [0.1, 0.15) is 69.8 Å². The van der Waals surface area contributed by atoms with Gasteiger partial charge in [-0.2, -0.15) is 0 Å². The van der Waals surface area contributed by atoms with Crippen LogP contribution in [0.4, 0.5) is 0 Å². The van der Waals surface area contributed by atoms with Crippen molar-refractivity contribution < 1.29 is 0 Å². The van der Waals surface area contributed by atoms with Crippen molar-refractivity contribution >= 4 is 11.6 Å². The van der Waals surface area contributed by atoms with E-state index in [0.717, 1.165) is 30.3 Å². The zero-order valence-corrected chi connectivity index (χ0v) is 12.2. The van der Waals surface area contributed by atoms with E-state index in [9.17, 15) is 0 Å². The van der Waals surface area contributed by atoms with E-state index in [2.05, 4.69) is 18.8 Å². The molecule has 18 heavy (non-hydrogen) atoms. The van der Waals surface area contributed by atoms with Gasteiger partial charge in [-0.15, -0.1) is 0 Å². The van der Waals surface area contributed by atoms with Gasteiger partial charge in [0.05, 0.1) is 0 Å². The summed E-state index contributed by atoms with van der Waals surface area (Å²) < 4.78 is 0. The summed E-state index contributed by atoms with van der Waals surface area (Å²) in [6, 6.07) is 1.91. The molecule has 0 aromatic carbocycles. The van der Waals surface area contributed by atoms with Gasteiger partial charge in [0.1, 0.15) is 11.0 Å². The molecule has 1 fully saturated rings. The van der Waals surface area contributed by atoms with Crippen LogP contribution in [0.3, 0.4) is 0 Å². The van der Waals surface area contributed by atoms with Gasteiger partial charge in [-0.3, -0.25) is 0 Å². The van der Waals surface area contributed by atoms with E-state index in [4.69, 9.17) is 16.6 Å². The van der Waals surface area contributed by atoms with Crippen molar-refractivity contribution in [3.05, 3.63) is 22.7 Å². The van der Waals surface area contributed by atoms with Gasteiger partial charge in [-0.25, -0.2) is 9.97 Å². The maximum atomic E-state index is 6.11. The standard InChI is InChI=1S/C15H23ClN2/c1-3-5-13-10-14(16)18-15(17-13)12-8-6-11(4-2)7-9-12/h10-12H,3-9H2,1-2H3. The monoisotopic (exact) mass is 266 g/mol. The van der Waals surface area contributed by atoms with Crippen molar-refractivity contribution in [3.8, 4) is 0 Å². The summed E-state index contributed by atoms with van der Waals surface area (Å²) in [7, 11) is 0. The largest absolute Gasteiger partial charge is 0.238 e. The molecule has 0 saturated heterocycles. The lowest BCUT2D eigenvalue weighted by molar-refractivity contribution is 0.312. The molecule has 100 valence electrons. The Kier molecular flexibility index (Phi) is 4.99. The van der Waals surface area contributed by atoms with Crippen LogP contribution in [0.5, 0.6) is 0 Å². The predicted molar refractivity (Wildman–Crippen MR) is 76.0 cm³/mol. The summed E-state index contributed by atoms with van der Waals surface area (Å²) in [5.41, 5.74) is 1.10. The third-order valence-electron chi connectivity index (χ3n) is 4.06. The first-order valence-electron chi connectivity index (χ1n) is 7.26. The average Bonchev–Trinajstić information content (AvgIpc) is 2.38. The van der Waals surface area contributed by atoms with Gasteiger partial charge >= 0.3 is 0 Å². The Morgan fingerprint density at radius 3 is 2.50 bits per heavy atom. The number of hydrogen-bond donors (Lipinski definition) is 0. The quantitative estimate of drug-likeness (QED) is 0.734. The Labute approximate surface area is 115 Å². The molecule has 1 heterocycles. The Balaban J connectivity index is 2.08. The minimum Gasteiger partial charge on any atom is -0.238 e. The lowest BCUT2D eigenvalue weighted by Crippen LogP contribution is -2.15. The van der Waals surface area contributed by atoms with Gasteiger partial charge in [-0.05, 0) is 44.1 Å². The van der Waals surface area contributed by atoms with E-state index in [1.54, 1.807) is 0 Å². The van der Waals surface area contributed by atoms with Crippen molar-refractivity contribution in [2.24, 2.45) is 5.92 Å². The summed E-state index contributed by atoms with van der Waals surface area (Å²) in [5, 5.41) is 0.612. The lowest BCUT2D eigenvalue weighted by Gasteiger charge is -2.27. The third kappa shape index (κ3) is 3.44. The third-order valence-corrected chi connectivity index (χ3v) is 4.25. The van der Waals surface area contributed by atoms with Crippen LogP contribution in [0.25, 0.3) is 0 Å². The molecule has 2 nitrogen and oxygen atoms in total. The van der Waals surface area contributed by atoms with Crippen molar-refractivity contribution in [2.45, 2.75) is 64.7 Å². The first-order valence-corrected chi connectivity index (χ1v) is 7.64. The summed E-state index contributed by atoms with van der Waals surface area (Å²) in [6.07, 6.45) is 8.51. The summed E-state index contributed by atoms with van der Waals surface area (Å²) in [4.78, 5) is 9.15. The maximum absolute atomic E-state index is 6.11. The van der Waals surface area contributed by atoms with Gasteiger partial charge in [0.2, 0.25) is 0 Å². The zero-order valence-electron chi connectivity index (χ0n) is 11.5. The fourth-order valence-electron chi connectivity index (χ4n) is 2.88. The van der Waals surface area contributed by atoms with Gasteiger partial charge in [0.15, 0.2) is 0 Å². The molecule has 1 aliphatic carbocycles. The first-order chi connectivity index (χ1) is 8.72. The highest BCUT2D eigenvalue weighted by atomic mass is 35.5. The molecular weight excluding hydrogens is 244 g/mol. The van der Waals surface area contributed by atoms with Gasteiger partial charge in [0, 0.05) is 11.6 Å². The Bertz CT molecular complexity index is 384. The van der Waals surface area contributed by atoms with Gasteiger partial charge in [-0.1, -0.05) is 38.3 Å². The molecule has 3 heteroatoms. The van der Waals surface area contributed by atoms with E-state index in [-0.39, 0.29) is 0 Å². The molecule has 2 rings (SSSR count). The van der Waals surface area contributed by atoms with Crippen molar-refractivity contribution in [2.75, 3.05) is 0 Å². The van der Waals surface area contributed by atoms with Crippen LogP contribution in [0, 0.1) is 5.92 Å². The second kappa shape index (κ2) is 6.51. The molecule has 1 aromatic rings. The Hall–Kier alpha value is -0.630. The fourth-order valence-corrected chi connectivity index (χ4v) is 3.09. The molecule has 0 bridgehead atoms. The summed E-state index contributed by atoms with van der Waals surface area (Å²) in [6.45, 7) is 4.46. The molecule has 0 atom stereocenters. The van der Waals surface area contributed by atoms with E-state index >= 15 is 0 Å². The zero-order chi connectivity index (χ0) is 13.0. The molecule has 1 aliphatic rings. The lowest BCUT2D eigenvalue weighted by atomic mass is 9.80. The van der Waals surface area contributed by atoms with Gasteiger partial charge in [0.25, 0.3) is 0 Å². The number of rotatable bonds is 4. The Morgan fingerprint density at radius 2 is 1.89 bits per heavy atom. The van der Waals surface area contributed by atoms with Crippen molar-refractivity contribution in [1.82, 2.24) is 9.97 Å². The van der Waals surface area contributed by atoms with Gasteiger partial charge < -0.3 is 0 Å². The van der Waals surface area contributed by atoms with Crippen molar-refractivity contribution in [1.29, 1.82) is 0 Å². The summed E-state index contributed by atoms with van der Waals surface area (Å²) in [5.74, 6) is 2.43. The van der Waals surface area contributed by atoms with E-state index in [0.29, 0.717) is 11.1 Å². The first kappa shape index (κ1) is 13.8. The number of aromatic nitrogens is 2. The second-order valence-corrected chi connectivity index (χ2v) is 5.80. The van der Waals surface area contributed by atoms with Crippen LogP contribution in [-0.4, -0.2) is 9.97 Å². The maximum Gasteiger partial charge on any atom is 0.133 e. The number of nitrogens with zero attached hydrogens (tertiary/aromatic N) is 2. The molecule has 1 aromatic heterocycles. The SMILES string of the molecule is CCCc1cc(Cl)nc(C2CCC(CC)CC2)n1. The molecule has 0 amide bonds. The minimum atomic E-state index is 0.530. The van der Waals surface area contributed by atoms with Crippen LogP contribution < -0.4 is 0 Å². The molecule has 1 saturated carbocycles. The molecular formula is C15H23ClN2. The second-order valence-electron chi connectivity index (χ2n) is 5.42. The molecule has 0 N–H and O–H groups in total. The normalized spacial score (nSPS) is 24.2. The van der Waals surface area contributed by atoms with Crippen LogP contribution in [-0.2, 0) is 6.42 Å². The van der Waals surface area contributed by atoms with E-state index < -0.39 is 0 Å². The highest BCUT2D eigenvalue weighted by Crippen LogP contribution is 2.35. The van der Waals surface area contributed by atoms with Crippen LogP contribution >= 0.6 is 11.6 Å². The highest BCUT2D eigenvalue weighted by molar-refractivity contribution is 6.29. The average molecular weight is 267 g/mol. The fraction of sp³-hybridized carbons (Fsp3) is 0.733. The molecule has 0 spiro atoms. The van der Waals surface area contributed by atoms with Crippen LogP contribution in [0.15, 0.2) is 6.07 Å². The Morgan fingerprint density at radius 1 is 1.17 bits per heavy atom. The van der Waals surface area contributed by atoms with Crippen LogP contribution in [0.2, 0.25) is 5.15 Å². The van der Waals surface area contributed by atoms with E-state index in [1.165, 1.54) is 32.1 Å². The molecule has 0 radical (unpaired) electrons. The van der Waals surface area contributed by atoms with E-state index in [1.807, 2.05) is 6.07 Å². The van der Waals surface area contributed by atoms with Crippen molar-refractivity contribution in [3.63, 3.8) is 0 Å². The number of aryl methyl sites for hydroxylation is 1. The number of halogens is 1. The summed E-state index contributed by atoms with van der Waals surface area (Å²) >= 11 is 6.11. The number of hydrogen-bond acceptors (Lipinski definition) is 2. The minimum absolute atomic E-state index is 0.530.